The summed E-state index contributed by atoms with van der Waals surface area (Å²) in [7, 11) is 1.31. The molecule has 0 aliphatic carbocycles. The number of methoxy groups -OCH3 is 1. The minimum absolute atomic E-state index is 0.0883. The number of halogens is 2. The highest BCUT2D eigenvalue weighted by atomic mass is 19.3. The van der Waals surface area contributed by atoms with Gasteiger partial charge in [-0.3, -0.25) is 0 Å². The van der Waals surface area contributed by atoms with Crippen LogP contribution in [0.15, 0.2) is 18.2 Å². The Morgan fingerprint density at radius 1 is 1.11 bits per heavy atom. The minimum atomic E-state index is -2.98. The fourth-order valence-electron chi connectivity index (χ4n) is 2.68. The summed E-state index contributed by atoms with van der Waals surface area (Å²) in [6.07, 6.45) is 0. The number of carbonyl (C=O) groups is 2. The third-order valence-electron chi connectivity index (χ3n) is 3.94. The molecule has 0 aliphatic heterocycles. The molecule has 2 aromatic rings. The lowest BCUT2D eigenvalue weighted by Gasteiger charge is -2.11. The van der Waals surface area contributed by atoms with E-state index in [9.17, 15) is 18.4 Å². The zero-order valence-electron chi connectivity index (χ0n) is 15.9. The molecule has 0 atom stereocenters. The third-order valence-corrected chi connectivity index (χ3v) is 3.94. The van der Waals surface area contributed by atoms with E-state index in [0.29, 0.717) is 22.4 Å². The molecule has 2 rings (SSSR count). The number of aromatic nitrogens is 1. The number of benzene rings is 1. The monoisotopic (exact) mass is 397 g/mol. The molecule has 0 fully saturated rings. The van der Waals surface area contributed by atoms with E-state index in [1.54, 1.807) is 20.8 Å². The maximum Gasteiger partial charge on any atom is 0.387 e. The highest BCUT2D eigenvalue weighted by molar-refractivity contribution is 5.98. The van der Waals surface area contributed by atoms with Gasteiger partial charge in [0, 0.05) is 5.69 Å². The van der Waals surface area contributed by atoms with Crippen molar-refractivity contribution in [1.82, 2.24) is 4.98 Å². The Morgan fingerprint density at radius 2 is 1.82 bits per heavy atom. The predicted octanol–water partition coefficient (Wildman–Crippen LogP) is 3.78. The molecule has 1 heterocycles. The van der Waals surface area contributed by atoms with Crippen LogP contribution in [0.4, 0.5) is 8.78 Å². The zero-order chi connectivity index (χ0) is 20.8. The molecule has 28 heavy (non-hydrogen) atoms. The Hall–Kier alpha value is -3.10. The van der Waals surface area contributed by atoms with E-state index in [4.69, 9.17) is 14.2 Å². The molecule has 1 aromatic heterocycles. The van der Waals surface area contributed by atoms with Crippen LogP contribution in [0.1, 0.15) is 44.6 Å². The number of hydrogen-bond donors (Lipinski definition) is 1. The van der Waals surface area contributed by atoms with Crippen LogP contribution in [0.3, 0.4) is 0 Å². The molecule has 0 amide bonds. The van der Waals surface area contributed by atoms with Crippen molar-refractivity contribution in [3.63, 3.8) is 0 Å². The first-order valence-electron chi connectivity index (χ1n) is 8.43. The molecule has 0 radical (unpaired) electrons. The Bertz CT molecular complexity index is 862. The number of aromatic amines is 1. The van der Waals surface area contributed by atoms with Crippen molar-refractivity contribution < 1.29 is 37.3 Å². The third kappa shape index (κ3) is 4.79. The second kappa shape index (κ2) is 9.20. The van der Waals surface area contributed by atoms with Gasteiger partial charge in [-0.15, -0.1) is 0 Å². The van der Waals surface area contributed by atoms with Crippen molar-refractivity contribution in [2.45, 2.75) is 34.0 Å². The summed E-state index contributed by atoms with van der Waals surface area (Å²) in [5.74, 6) is -1.22. The average molecular weight is 397 g/mol. The van der Waals surface area contributed by atoms with Gasteiger partial charge in [-0.2, -0.15) is 8.78 Å². The molecule has 0 bridgehead atoms. The van der Waals surface area contributed by atoms with Gasteiger partial charge in [-0.05, 0) is 44.0 Å². The van der Waals surface area contributed by atoms with Gasteiger partial charge >= 0.3 is 18.6 Å². The number of rotatable bonds is 8. The average Bonchev–Trinajstić information content (AvgIpc) is 2.94. The highest BCUT2D eigenvalue weighted by Crippen LogP contribution is 2.30. The van der Waals surface area contributed by atoms with E-state index in [0.717, 1.165) is 0 Å². The van der Waals surface area contributed by atoms with Crippen molar-refractivity contribution in [1.29, 1.82) is 0 Å². The predicted molar refractivity (Wildman–Crippen MR) is 95.0 cm³/mol. The lowest BCUT2D eigenvalue weighted by molar-refractivity contribution is -0.0512. The van der Waals surface area contributed by atoms with Crippen molar-refractivity contribution in [2.75, 3.05) is 13.7 Å². The number of aryl methyl sites for hydroxylation is 1. The van der Waals surface area contributed by atoms with Crippen LogP contribution in [-0.2, 0) is 16.1 Å². The summed E-state index contributed by atoms with van der Waals surface area (Å²) in [5, 5.41) is 0. The molecular weight excluding hydrogens is 376 g/mol. The standard InChI is InChI=1S/C19H21F2NO6/c1-5-26-17(23)15-10(2)16(22-11(15)3)18(24)27-9-12-6-7-13(28-19(20)21)14(8-12)25-4/h6-8,19,22H,5,9H2,1-4H3. The molecule has 0 saturated carbocycles. The Balaban J connectivity index is 2.12. The molecule has 0 saturated heterocycles. The minimum Gasteiger partial charge on any atom is -0.493 e. The largest absolute Gasteiger partial charge is 0.493 e. The van der Waals surface area contributed by atoms with E-state index >= 15 is 0 Å². The zero-order valence-corrected chi connectivity index (χ0v) is 15.9. The number of esters is 2. The highest BCUT2D eigenvalue weighted by Gasteiger charge is 2.23. The van der Waals surface area contributed by atoms with Gasteiger partial charge in [0.1, 0.15) is 12.3 Å². The normalized spacial score (nSPS) is 10.7. The molecular formula is C19H21F2NO6. The van der Waals surface area contributed by atoms with Gasteiger partial charge in [-0.1, -0.05) is 6.07 Å². The number of H-pyrrole nitrogens is 1. The van der Waals surface area contributed by atoms with Gasteiger partial charge in [0.25, 0.3) is 0 Å². The summed E-state index contributed by atoms with van der Waals surface area (Å²) in [5.41, 5.74) is 1.88. The van der Waals surface area contributed by atoms with Crippen molar-refractivity contribution >= 4 is 11.9 Å². The van der Waals surface area contributed by atoms with Crippen molar-refractivity contribution in [2.24, 2.45) is 0 Å². The van der Waals surface area contributed by atoms with Gasteiger partial charge in [0.05, 0.1) is 19.3 Å². The summed E-state index contributed by atoms with van der Waals surface area (Å²) >= 11 is 0. The first kappa shape index (κ1) is 21.2. The van der Waals surface area contributed by atoms with E-state index in [1.165, 1.54) is 25.3 Å². The molecule has 1 N–H and O–H groups in total. The molecule has 0 unspecified atom stereocenters. The quantitative estimate of drug-likeness (QED) is 0.683. The van der Waals surface area contributed by atoms with Gasteiger partial charge in [-0.25, -0.2) is 9.59 Å². The second-order valence-corrected chi connectivity index (χ2v) is 5.79. The lowest BCUT2D eigenvalue weighted by Crippen LogP contribution is -2.09. The smallest absolute Gasteiger partial charge is 0.387 e. The van der Waals surface area contributed by atoms with Crippen molar-refractivity contribution in [3.05, 3.63) is 46.3 Å². The second-order valence-electron chi connectivity index (χ2n) is 5.79. The van der Waals surface area contributed by atoms with Crippen molar-refractivity contribution in [3.8, 4) is 11.5 Å². The van der Waals surface area contributed by atoms with E-state index in [1.807, 2.05) is 0 Å². The molecule has 9 heteroatoms. The van der Waals surface area contributed by atoms with Gasteiger partial charge < -0.3 is 23.9 Å². The number of alkyl halides is 2. The van der Waals surface area contributed by atoms with Crippen LogP contribution < -0.4 is 9.47 Å². The molecule has 0 aliphatic rings. The Labute approximate surface area is 160 Å². The van der Waals surface area contributed by atoms with Crippen LogP contribution in [0.25, 0.3) is 0 Å². The molecule has 152 valence electrons. The fraction of sp³-hybridized carbons (Fsp3) is 0.368. The number of ether oxygens (including phenoxy) is 4. The molecule has 7 nitrogen and oxygen atoms in total. The number of nitrogens with one attached hydrogen (secondary N) is 1. The van der Waals surface area contributed by atoms with Crippen LogP contribution in [0, 0.1) is 13.8 Å². The SMILES string of the molecule is CCOC(=O)c1c(C)[nH]c(C(=O)OCc2ccc(OC(F)F)c(OC)c2)c1C. The van der Waals surface area contributed by atoms with Crippen LogP contribution in [-0.4, -0.2) is 37.3 Å². The van der Waals surface area contributed by atoms with Crippen LogP contribution >= 0.6 is 0 Å². The lowest BCUT2D eigenvalue weighted by atomic mass is 10.1. The van der Waals surface area contributed by atoms with E-state index < -0.39 is 18.6 Å². The first-order valence-corrected chi connectivity index (χ1v) is 8.43. The van der Waals surface area contributed by atoms with E-state index in [2.05, 4.69) is 9.72 Å². The number of hydrogen-bond acceptors (Lipinski definition) is 6. The van der Waals surface area contributed by atoms with Crippen LogP contribution in [0.5, 0.6) is 11.5 Å². The van der Waals surface area contributed by atoms with Gasteiger partial charge in [0.15, 0.2) is 11.5 Å². The molecule has 0 spiro atoms. The summed E-state index contributed by atoms with van der Waals surface area (Å²) in [4.78, 5) is 27.2. The Kier molecular flexibility index (Phi) is 6.97. The topological polar surface area (TPSA) is 86.9 Å². The maximum atomic E-state index is 12.4. The van der Waals surface area contributed by atoms with Crippen LogP contribution in [0.2, 0.25) is 0 Å². The summed E-state index contributed by atoms with van der Waals surface area (Å²) < 4.78 is 44.3. The van der Waals surface area contributed by atoms with Gasteiger partial charge in [0.2, 0.25) is 0 Å². The number of carbonyl (C=O) groups excluding carboxylic acids is 2. The van der Waals surface area contributed by atoms with E-state index in [-0.39, 0.29) is 30.4 Å². The first-order chi connectivity index (χ1) is 13.3. The Morgan fingerprint density at radius 3 is 2.43 bits per heavy atom. The fourth-order valence-corrected chi connectivity index (χ4v) is 2.68. The summed E-state index contributed by atoms with van der Waals surface area (Å²) in [6, 6.07) is 4.21. The molecule has 1 aromatic carbocycles. The maximum absolute atomic E-state index is 12.4. The summed E-state index contributed by atoms with van der Waals surface area (Å²) in [6.45, 7) is 2.07.